The van der Waals surface area contributed by atoms with Gasteiger partial charge in [0.2, 0.25) is 0 Å². The standard InChI is InChI=1S/C20H21ClN2O3/c1-24-19-10-17(21)9-16(20(19)25-2)13-23(14-18-6-4-8-26-18)12-15-5-3-7-22-11-15/h3-11H,12-14H2,1-2H3. The molecule has 6 heteroatoms. The number of benzene rings is 1. The van der Waals surface area contributed by atoms with Crippen molar-refractivity contribution in [1.82, 2.24) is 9.88 Å². The molecule has 1 aromatic carbocycles. The van der Waals surface area contributed by atoms with Crippen molar-refractivity contribution in [2.24, 2.45) is 0 Å². The summed E-state index contributed by atoms with van der Waals surface area (Å²) in [7, 11) is 3.24. The van der Waals surface area contributed by atoms with E-state index in [0.29, 0.717) is 36.2 Å². The maximum Gasteiger partial charge on any atom is 0.165 e. The van der Waals surface area contributed by atoms with E-state index in [1.807, 2.05) is 30.5 Å². The molecule has 0 amide bonds. The Balaban J connectivity index is 1.88. The Bertz CT molecular complexity index is 823. The predicted molar refractivity (Wildman–Crippen MR) is 100 cm³/mol. The summed E-state index contributed by atoms with van der Waals surface area (Å²) in [6.45, 7) is 1.99. The van der Waals surface area contributed by atoms with Crippen LogP contribution in [0.5, 0.6) is 11.5 Å². The van der Waals surface area contributed by atoms with E-state index >= 15 is 0 Å². The molecule has 0 fully saturated rings. The quantitative estimate of drug-likeness (QED) is 0.580. The van der Waals surface area contributed by atoms with Crippen LogP contribution in [0.15, 0.2) is 59.5 Å². The number of nitrogens with zero attached hydrogens (tertiary/aromatic N) is 2. The molecule has 0 aliphatic rings. The molecule has 0 spiro atoms. The number of furan rings is 1. The zero-order chi connectivity index (χ0) is 18.4. The fraction of sp³-hybridized carbons (Fsp3) is 0.250. The first kappa shape index (κ1) is 18.3. The highest BCUT2D eigenvalue weighted by Crippen LogP contribution is 2.35. The van der Waals surface area contributed by atoms with Gasteiger partial charge in [0.05, 0.1) is 27.0 Å². The van der Waals surface area contributed by atoms with Crippen LogP contribution < -0.4 is 9.47 Å². The number of ether oxygens (including phenoxy) is 2. The third kappa shape index (κ3) is 4.56. The number of hydrogen-bond donors (Lipinski definition) is 0. The maximum absolute atomic E-state index is 6.26. The van der Waals surface area contributed by atoms with Gasteiger partial charge in [-0.05, 0) is 29.8 Å². The molecule has 0 atom stereocenters. The summed E-state index contributed by atoms with van der Waals surface area (Å²) in [5.41, 5.74) is 2.07. The van der Waals surface area contributed by atoms with E-state index in [1.54, 1.807) is 32.7 Å². The molecule has 0 aliphatic heterocycles. The number of methoxy groups -OCH3 is 2. The van der Waals surface area contributed by atoms with Crippen molar-refractivity contribution in [3.63, 3.8) is 0 Å². The normalized spacial score (nSPS) is 10.9. The molecule has 136 valence electrons. The van der Waals surface area contributed by atoms with E-state index in [9.17, 15) is 0 Å². The Labute approximate surface area is 158 Å². The highest BCUT2D eigenvalue weighted by Gasteiger charge is 2.17. The minimum Gasteiger partial charge on any atom is -0.493 e. The summed E-state index contributed by atoms with van der Waals surface area (Å²) in [6.07, 6.45) is 5.32. The Kier molecular flexibility index (Phi) is 6.15. The molecule has 3 rings (SSSR count). The van der Waals surface area contributed by atoms with Gasteiger partial charge in [-0.15, -0.1) is 0 Å². The van der Waals surface area contributed by atoms with Crippen LogP contribution in [0.4, 0.5) is 0 Å². The second-order valence-electron chi connectivity index (χ2n) is 5.89. The first-order valence-corrected chi connectivity index (χ1v) is 8.61. The average Bonchev–Trinajstić information content (AvgIpc) is 3.15. The molecule has 0 saturated carbocycles. The molecule has 0 radical (unpaired) electrons. The Morgan fingerprint density at radius 3 is 2.62 bits per heavy atom. The molecule has 0 bridgehead atoms. The molecule has 0 saturated heterocycles. The average molecular weight is 373 g/mol. The van der Waals surface area contributed by atoms with Crippen molar-refractivity contribution in [1.29, 1.82) is 0 Å². The van der Waals surface area contributed by atoms with E-state index in [4.69, 9.17) is 25.5 Å². The molecule has 0 N–H and O–H groups in total. The fourth-order valence-corrected chi connectivity index (χ4v) is 3.14. The summed E-state index contributed by atoms with van der Waals surface area (Å²) in [4.78, 5) is 6.44. The molecular formula is C20H21ClN2O3. The van der Waals surface area contributed by atoms with Gasteiger partial charge in [-0.3, -0.25) is 9.88 Å². The van der Waals surface area contributed by atoms with Crippen LogP contribution in [0.25, 0.3) is 0 Å². The van der Waals surface area contributed by atoms with Crippen LogP contribution in [0.1, 0.15) is 16.9 Å². The predicted octanol–water partition coefficient (Wildman–Crippen LogP) is 4.55. The molecule has 2 aromatic heterocycles. The van der Waals surface area contributed by atoms with E-state index in [2.05, 4.69) is 16.0 Å². The van der Waals surface area contributed by atoms with Gasteiger partial charge in [-0.25, -0.2) is 0 Å². The SMILES string of the molecule is COc1cc(Cl)cc(CN(Cc2cccnc2)Cc2ccco2)c1OC. The van der Waals surface area contributed by atoms with Crippen molar-refractivity contribution < 1.29 is 13.9 Å². The highest BCUT2D eigenvalue weighted by molar-refractivity contribution is 6.30. The Hall–Kier alpha value is -2.50. The van der Waals surface area contributed by atoms with Gasteiger partial charge in [-0.1, -0.05) is 17.7 Å². The van der Waals surface area contributed by atoms with E-state index in [1.165, 1.54) is 0 Å². The summed E-state index contributed by atoms with van der Waals surface area (Å²) < 4.78 is 16.5. The number of hydrogen-bond acceptors (Lipinski definition) is 5. The lowest BCUT2D eigenvalue weighted by atomic mass is 10.1. The van der Waals surface area contributed by atoms with Gasteiger partial charge < -0.3 is 13.9 Å². The number of pyridine rings is 1. The number of rotatable bonds is 8. The highest BCUT2D eigenvalue weighted by atomic mass is 35.5. The van der Waals surface area contributed by atoms with Crippen LogP contribution in [-0.4, -0.2) is 24.1 Å². The first-order valence-electron chi connectivity index (χ1n) is 8.23. The molecule has 26 heavy (non-hydrogen) atoms. The second kappa shape index (κ2) is 8.74. The summed E-state index contributed by atoms with van der Waals surface area (Å²) >= 11 is 6.26. The zero-order valence-corrected chi connectivity index (χ0v) is 15.6. The van der Waals surface area contributed by atoms with Crippen LogP contribution in [0, 0.1) is 0 Å². The van der Waals surface area contributed by atoms with Gasteiger partial charge in [0, 0.05) is 42.1 Å². The van der Waals surface area contributed by atoms with Crippen LogP contribution in [0.2, 0.25) is 5.02 Å². The summed E-state index contributed by atoms with van der Waals surface area (Å²) in [5.74, 6) is 2.20. The maximum atomic E-state index is 6.26. The Morgan fingerprint density at radius 1 is 1.08 bits per heavy atom. The zero-order valence-electron chi connectivity index (χ0n) is 14.8. The second-order valence-corrected chi connectivity index (χ2v) is 6.32. The number of halogens is 1. The van der Waals surface area contributed by atoms with E-state index in [-0.39, 0.29) is 0 Å². The monoisotopic (exact) mass is 372 g/mol. The van der Waals surface area contributed by atoms with Crippen LogP contribution in [-0.2, 0) is 19.6 Å². The van der Waals surface area contributed by atoms with E-state index in [0.717, 1.165) is 16.9 Å². The minimum atomic E-state index is 0.608. The van der Waals surface area contributed by atoms with Gasteiger partial charge >= 0.3 is 0 Å². The lowest BCUT2D eigenvalue weighted by Gasteiger charge is -2.23. The Morgan fingerprint density at radius 2 is 1.96 bits per heavy atom. The van der Waals surface area contributed by atoms with Crippen molar-refractivity contribution in [2.75, 3.05) is 14.2 Å². The van der Waals surface area contributed by atoms with E-state index < -0.39 is 0 Å². The lowest BCUT2D eigenvalue weighted by molar-refractivity contribution is 0.222. The van der Waals surface area contributed by atoms with Gasteiger partial charge in [0.15, 0.2) is 11.5 Å². The largest absolute Gasteiger partial charge is 0.493 e. The molecule has 2 heterocycles. The third-order valence-electron chi connectivity index (χ3n) is 4.00. The topological polar surface area (TPSA) is 47.7 Å². The van der Waals surface area contributed by atoms with Crippen molar-refractivity contribution >= 4 is 11.6 Å². The number of aromatic nitrogens is 1. The summed E-state index contributed by atoms with van der Waals surface area (Å²) in [6, 6.07) is 11.5. The molecule has 5 nitrogen and oxygen atoms in total. The van der Waals surface area contributed by atoms with Crippen molar-refractivity contribution in [2.45, 2.75) is 19.6 Å². The minimum absolute atomic E-state index is 0.608. The molecule has 0 unspecified atom stereocenters. The van der Waals surface area contributed by atoms with Gasteiger partial charge in [-0.2, -0.15) is 0 Å². The van der Waals surface area contributed by atoms with Gasteiger partial charge in [0.25, 0.3) is 0 Å². The van der Waals surface area contributed by atoms with Crippen LogP contribution >= 0.6 is 11.6 Å². The first-order chi connectivity index (χ1) is 12.7. The van der Waals surface area contributed by atoms with Crippen LogP contribution in [0.3, 0.4) is 0 Å². The molecular weight excluding hydrogens is 352 g/mol. The third-order valence-corrected chi connectivity index (χ3v) is 4.22. The molecule has 3 aromatic rings. The smallest absolute Gasteiger partial charge is 0.165 e. The summed E-state index contributed by atoms with van der Waals surface area (Å²) in [5, 5.41) is 0.608. The molecule has 0 aliphatic carbocycles. The van der Waals surface area contributed by atoms with Crippen molar-refractivity contribution in [3.8, 4) is 11.5 Å². The fourth-order valence-electron chi connectivity index (χ4n) is 2.90. The van der Waals surface area contributed by atoms with Crippen molar-refractivity contribution in [3.05, 3.63) is 77.0 Å². The van der Waals surface area contributed by atoms with Gasteiger partial charge in [0.1, 0.15) is 5.76 Å². The lowest BCUT2D eigenvalue weighted by Crippen LogP contribution is -2.22.